The predicted molar refractivity (Wildman–Crippen MR) is 165 cm³/mol. The zero-order valence-corrected chi connectivity index (χ0v) is 25.2. The van der Waals surface area contributed by atoms with Crippen molar-refractivity contribution in [3.8, 4) is 22.7 Å². The average Bonchev–Trinajstić information content (AvgIpc) is 3.72. The van der Waals surface area contributed by atoms with Crippen molar-refractivity contribution in [3.63, 3.8) is 0 Å². The second-order valence-electron chi connectivity index (χ2n) is 11.0. The van der Waals surface area contributed by atoms with Gasteiger partial charge >= 0.3 is 0 Å². The van der Waals surface area contributed by atoms with E-state index in [1.807, 2.05) is 60.3 Å². The third-order valence-electron chi connectivity index (χ3n) is 7.93. The van der Waals surface area contributed by atoms with Crippen molar-refractivity contribution in [2.75, 3.05) is 38.2 Å². The number of carbonyl (C=O) groups is 1. The maximum atomic E-state index is 13.3. The molecular formula is C33H36N4O5S. The molecule has 6 rings (SSSR count). The Kier molecular flexibility index (Phi) is 8.34. The number of anilines is 1. The highest BCUT2D eigenvalue weighted by Gasteiger charge is 2.46. The quantitative estimate of drug-likeness (QED) is 0.262. The summed E-state index contributed by atoms with van der Waals surface area (Å²) in [6.07, 6.45) is 3.68. The normalized spacial score (nSPS) is 18.7. The molecule has 1 amide bonds. The molecule has 1 saturated carbocycles. The highest BCUT2D eigenvalue weighted by atomic mass is 32.2. The molecule has 10 heteroatoms. The fourth-order valence-electron chi connectivity index (χ4n) is 5.48. The molecule has 43 heavy (non-hydrogen) atoms. The number of rotatable bonds is 10. The van der Waals surface area contributed by atoms with Crippen LogP contribution in [0.25, 0.3) is 16.9 Å². The molecule has 2 atom stereocenters. The van der Waals surface area contributed by atoms with Gasteiger partial charge in [-0.25, -0.2) is 13.1 Å². The molecule has 1 N–H and O–H groups in total. The van der Waals surface area contributed by atoms with Gasteiger partial charge in [0.1, 0.15) is 5.75 Å². The summed E-state index contributed by atoms with van der Waals surface area (Å²) in [5.74, 6) is 0.579. The molecule has 0 radical (unpaired) electrons. The van der Waals surface area contributed by atoms with E-state index >= 15 is 0 Å². The van der Waals surface area contributed by atoms with Crippen molar-refractivity contribution in [1.82, 2.24) is 14.1 Å². The van der Waals surface area contributed by atoms with Crippen LogP contribution in [0.5, 0.6) is 5.75 Å². The zero-order chi connectivity index (χ0) is 30.0. The summed E-state index contributed by atoms with van der Waals surface area (Å²) in [4.78, 5) is 13.5. The SMILES string of the molecule is CCCOc1ccc(-c2nn(-c3ccccc3)cc2C2CC2C(=O)Nc2ccc(S(=O)(=O)N3CCOCC3)cc2)cc1C. The van der Waals surface area contributed by atoms with Crippen LogP contribution >= 0.6 is 0 Å². The highest BCUT2D eigenvalue weighted by molar-refractivity contribution is 7.89. The number of para-hydroxylation sites is 1. The molecule has 2 fully saturated rings. The maximum absolute atomic E-state index is 13.3. The van der Waals surface area contributed by atoms with Crippen LogP contribution in [-0.4, -0.2) is 61.3 Å². The number of sulfonamides is 1. The number of nitrogens with zero attached hydrogens (tertiary/aromatic N) is 3. The van der Waals surface area contributed by atoms with Crippen LogP contribution in [0.15, 0.2) is 83.9 Å². The average molecular weight is 601 g/mol. The number of hydrogen-bond donors (Lipinski definition) is 1. The molecule has 1 aromatic heterocycles. The summed E-state index contributed by atoms with van der Waals surface area (Å²) >= 11 is 0. The largest absolute Gasteiger partial charge is 0.493 e. The molecule has 9 nitrogen and oxygen atoms in total. The Hall–Kier alpha value is -3.99. The molecular weight excluding hydrogens is 564 g/mol. The van der Waals surface area contributed by atoms with Gasteiger partial charge in [-0.3, -0.25) is 4.79 Å². The Morgan fingerprint density at radius 3 is 2.49 bits per heavy atom. The van der Waals surface area contributed by atoms with Crippen LogP contribution < -0.4 is 10.1 Å². The first-order valence-corrected chi connectivity index (χ1v) is 16.2. The number of ether oxygens (including phenoxy) is 2. The van der Waals surface area contributed by atoms with Crippen LogP contribution in [0, 0.1) is 12.8 Å². The third-order valence-corrected chi connectivity index (χ3v) is 9.84. The van der Waals surface area contributed by atoms with Crippen molar-refractivity contribution >= 4 is 21.6 Å². The Balaban J connectivity index is 1.20. The lowest BCUT2D eigenvalue weighted by atomic mass is 10.0. The van der Waals surface area contributed by atoms with Gasteiger partial charge < -0.3 is 14.8 Å². The minimum Gasteiger partial charge on any atom is -0.493 e. The summed E-state index contributed by atoms with van der Waals surface area (Å²) < 4.78 is 40.4. The van der Waals surface area contributed by atoms with Crippen LogP contribution in [0.3, 0.4) is 0 Å². The number of carbonyl (C=O) groups excluding carboxylic acids is 1. The summed E-state index contributed by atoms with van der Waals surface area (Å²) in [5, 5.41) is 7.95. The van der Waals surface area contributed by atoms with E-state index < -0.39 is 10.0 Å². The molecule has 1 aliphatic heterocycles. The molecule has 4 aromatic rings. The van der Waals surface area contributed by atoms with Gasteiger partial charge in [0.15, 0.2) is 0 Å². The summed E-state index contributed by atoms with van der Waals surface area (Å²) in [6.45, 7) is 6.24. The lowest BCUT2D eigenvalue weighted by Crippen LogP contribution is -2.40. The summed E-state index contributed by atoms with van der Waals surface area (Å²) in [7, 11) is -3.60. The van der Waals surface area contributed by atoms with Crippen molar-refractivity contribution in [2.45, 2.75) is 37.5 Å². The van der Waals surface area contributed by atoms with E-state index in [1.165, 1.54) is 4.31 Å². The summed E-state index contributed by atoms with van der Waals surface area (Å²) in [5.41, 5.74) is 5.41. The van der Waals surface area contributed by atoms with Gasteiger partial charge in [0, 0.05) is 47.9 Å². The molecule has 0 spiro atoms. The number of amides is 1. The first-order valence-electron chi connectivity index (χ1n) is 14.7. The molecule has 2 heterocycles. The minimum absolute atomic E-state index is 0.0183. The van der Waals surface area contributed by atoms with Crippen LogP contribution in [0.2, 0.25) is 0 Å². The van der Waals surface area contributed by atoms with Crippen LogP contribution in [-0.2, 0) is 19.6 Å². The van der Waals surface area contributed by atoms with E-state index in [9.17, 15) is 13.2 Å². The number of benzene rings is 3. The molecule has 2 unspecified atom stereocenters. The van der Waals surface area contributed by atoms with Gasteiger partial charge in [0.2, 0.25) is 15.9 Å². The number of aromatic nitrogens is 2. The van der Waals surface area contributed by atoms with Gasteiger partial charge in [-0.15, -0.1) is 0 Å². The lowest BCUT2D eigenvalue weighted by molar-refractivity contribution is -0.117. The molecule has 3 aromatic carbocycles. The van der Waals surface area contributed by atoms with E-state index in [0.717, 1.165) is 40.2 Å². The van der Waals surface area contributed by atoms with Gasteiger partial charge in [-0.05, 0) is 79.9 Å². The fraction of sp³-hybridized carbons (Fsp3) is 0.333. The minimum atomic E-state index is -3.60. The second kappa shape index (κ2) is 12.3. The van der Waals surface area contributed by atoms with Gasteiger partial charge in [0.25, 0.3) is 0 Å². The molecule has 224 valence electrons. The Bertz CT molecular complexity index is 1700. The van der Waals surface area contributed by atoms with Crippen molar-refractivity contribution in [2.24, 2.45) is 5.92 Å². The van der Waals surface area contributed by atoms with Crippen LogP contribution in [0.1, 0.15) is 36.8 Å². The Morgan fingerprint density at radius 2 is 1.79 bits per heavy atom. The molecule has 1 saturated heterocycles. The first-order chi connectivity index (χ1) is 20.8. The monoisotopic (exact) mass is 600 g/mol. The highest BCUT2D eigenvalue weighted by Crippen LogP contribution is 2.51. The molecule has 1 aliphatic carbocycles. The first kappa shape index (κ1) is 29.1. The topological polar surface area (TPSA) is 103 Å². The van der Waals surface area contributed by atoms with Gasteiger partial charge in [-0.1, -0.05) is 25.1 Å². The summed E-state index contributed by atoms with van der Waals surface area (Å²) in [6, 6.07) is 22.4. The van der Waals surface area contributed by atoms with E-state index in [-0.39, 0.29) is 22.6 Å². The smallest absolute Gasteiger partial charge is 0.243 e. The number of aryl methyl sites for hydroxylation is 1. The maximum Gasteiger partial charge on any atom is 0.243 e. The van der Waals surface area contributed by atoms with Crippen molar-refractivity contribution in [1.29, 1.82) is 0 Å². The van der Waals surface area contributed by atoms with E-state index in [2.05, 4.69) is 18.3 Å². The standard InChI is InChI=1S/C33H36N4O5S/c1-3-17-42-31-14-9-24(20-23(31)2)32-30(22-37(35-32)26-7-5-4-6-8-26)28-21-29(28)33(38)34-25-10-12-27(13-11-25)43(39,40)36-15-18-41-19-16-36/h4-14,20,22,28-29H,3,15-19,21H2,1-2H3,(H,34,38). The Labute approximate surface area is 252 Å². The van der Waals surface area contributed by atoms with Crippen LogP contribution in [0.4, 0.5) is 5.69 Å². The number of hydrogen-bond acceptors (Lipinski definition) is 6. The lowest BCUT2D eigenvalue weighted by Gasteiger charge is -2.26. The van der Waals surface area contributed by atoms with E-state index in [1.54, 1.807) is 24.3 Å². The predicted octanol–water partition coefficient (Wildman–Crippen LogP) is 5.40. The van der Waals surface area contributed by atoms with Crippen molar-refractivity contribution in [3.05, 3.63) is 90.1 Å². The zero-order valence-electron chi connectivity index (χ0n) is 24.4. The fourth-order valence-corrected chi connectivity index (χ4v) is 6.88. The molecule has 0 bridgehead atoms. The van der Waals surface area contributed by atoms with E-state index in [4.69, 9.17) is 14.6 Å². The Morgan fingerprint density at radius 1 is 1.05 bits per heavy atom. The van der Waals surface area contributed by atoms with Gasteiger partial charge in [-0.2, -0.15) is 9.40 Å². The number of nitrogens with one attached hydrogen (secondary N) is 1. The third kappa shape index (κ3) is 6.22. The second-order valence-corrected chi connectivity index (χ2v) is 13.0. The van der Waals surface area contributed by atoms with Crippen molar-refractivity contribution < 1.29 is 22.7 Å². The molecule has 2 aliphatic rings. The van der Waals surface area contributed by atoms with Gasteiger partial charge in [0.05, 0.1) is 36.1 Å². The van der Waals surface area contributed by atoms with E-state index in [0.29, 0.717) is 45.0 Å². The number of morpholine rings is 1.